The second kappa shape index (κ2) is 16.3. The molecule has 1 heteroatoms. The highest BCUT2D eigenvalue weighted by atomic mass is 14.9. The topological polar surface area (TPSA) is 12.0 Å². The Bertz CT molecular complexity index is 184. The molecule has 0 heterocycles. The molecular weight excluding hydrogens is 254 g/mol. The monoisotopic (exact) mass is 297 g/mol. The van der Waals surface area contributed by atoms with Crippen molar-refractivity contribution in [1.82, 2.24) is 5.32 Å². The van der Waals surface area contributed by atoms with Crippen LogP contribution < -0.4 is 5.32 Å². The SMILES string of the molecule is CCCCCCCCCC(NCCC)C(CCC)CCC. The molecule has 0 aliphatic rings. The summed E-state index contributed by atoms with van der Waals surface area (Å²) >= 11 is 0. The third-order valence-electron chi connectivity index (χ3n) is 4.66. The van der Waals surface area contributed by atoms with E-state index < -0.39 is 0 Å². The smallest absolute Gasteiger partial charge is 0.00953 e. The van der Waals surface area contributed by atoms with Gasteiger partial charge in [0.15, 0.2) is 0 Å². The van der Waals surface area contributed by atoms with Gasteiger partial charge < -0.3 is 5.32 Å². The summed E-state index contributed by atoms with van der Waals surface area (Å²) in [5.74, 6) is 0.909. The van der Waals surface area contributed by atoms with Crippen LogP contribution in [0.2, 0.25) is 0 Å². The van der Waals surface area contributed by atoms with Crippen molar-refractivity contribution in [2.24, 2.45) is 5.92 Å². The van der Waals surface area contributed by atoms with Crippen molar-refractivity contribution in [3.63, 3.8) is 0 Å². The van der Waals surface area contributed by atoms with Crippen LogP contribution in [0.5, 0.6) is 0 Å². The van der Waals surface area contributed by atoms with Gasteiger partial charge >= 0.3 is 0 Å². The van der Waals surface area contributed by atoms with E-state index in [2.05, 4.69) is 33.0 Å². The molecule has 0 saturated carbocycles. The predicted octanol–water partition coefficient (Wildman–Crippen LogP) is 6.71. The molecule has 128 valence electrons. The number of hydrogen-bond donors (Lipinski definition) is 1. The zero-order valence-electron chi connectivity index (χ0n) is 15.6. The van der Waals surface area contributed by atoms with E-state index in [1.54, 1.807) is 0 Å². The van der Waals surface area contributed by atoms with Gasteiger partial charge in [-0.3, -0.25) is 0 Å². The van der Waals surface area contributed by atoms with Crippen molar-refractivity contribution in [2.45, 2.75) is 117 Å². The van der Waals surface area contributed by atoms with Gasteiger partial charge in [-0.05, 0) is 38.1 Å². The molecule has 0 saturated heterocycles. The Balaban J connectivity index is 3.97. The maximum atomic E-state index is 3.85. The number of hydrogen-bond acceptors (Lipinski definition) is 1. The Morgan fingerprint density at radius 2 is 1.14 bits per heavy atom. The van der Waals surface area contributed by atoms with Gasteiger partial charge in [0.25, 0.3) is 0 Å². The van der Waals surface area contributed by atoms with E-state index in [4.69, 9.17) is 0 Å². The van der Waals surface area contributed by atoms with E-state index in [1.807, 2.05) is 0 Å². The van der Waals surface area contributed by atoms with Gasteiger partial charge in [-0.1, -0.05) is 85.5 Å². The highest BCUT2D eigenvalue weighted by Crippen LogP contribution is 2.22. The van der Waals surface area contributed by atoms with Crippen LogP contribution in [0, 0.1) is 5.92 Å². The Kier molecular flexibility index (Phi) is 16.3. The van der Waals surface area contributed by atoms with Crippen LogP contribution in [0.25, 0.3) is 0 Å². The average molecular weight is 298 g/mol. The van der Waals surface area contributed by atoms with Crippen LogP contribution in [0.4, 0.5) is 0 Å². The minimum absolute atomic E-state index is 0.778. The van der Waals surface area contributed by atoms with Gasteiger partial charge in [-0.25, -0.2) is 0 Å². The van der Waals surface area contributed by atoms with Gasteiger partial charge in [0.1, 0.15) is 0 Å². The van der Waals surface area contributed by atoms with Gasteiger partial charge in [0, 0.05) is 6.04 Å². The Labute approximate surface area is 135 Å². The fourth-order valence-electron chi connectivity index (χ4n) is 3.44. The molecular formula is C20H43N. The van der Waals surface area contributed by atoms with Crippen LogP contribution in [-0.2, 0) is 0 Å². The Hall–Kier alpha value is -0.0400. The van der Waals surface area contributed by atoms with Crippen molar-refractivity contribution < 1.29 is 0 Å². The molecule has 0 aromatic heterocycles. The molecule has 0 aromatic carbocycles. The quantitative estimate of drug-likeness (QED) is 0.312. The summed E-state index contributed by atoms with van der Waals surface area (Å²) < 4.78 is 0. The second-order valence-corrected chi connectivity index (χ2v) is 6.81. The molecule has 0 bridgehead atoms. The lowest BCUT2D eigenvalue weighted by molar-refractivity contribution is 0.290. The van der Waals surface area contributed by atoms with Crippen molar-refractivity contribution in [3.05, 3.63) is 0 Å². The molecule has 0 rings (SSSR count). The van der Waals surface area contributed by atoms with Crippen LogP contribution in [0.1, 0.15) is 111 Å². The van der Waals surface area contributed by atoms with Crippen molar-refractivity contribution in [3.8, 4) is 0 Å². The zero-order chi connectivity index (χ0) is 15.8. The molecule has 0 aliphatic heterocycles. The van der Waals surface area contributed by atoms with E-state index in [9.17, 15) is 0 Å². The molecule has 0 aromatic rings. The lowest BCUT2D eigenvalue weighted by atomic mass is 9.87. The summed E-state index contributed by atoms with van der Waals surface area (Å²) in [4.78, 5) is 0. The van der Waals surface area contributed by atoms with E-state index in [1.165, 1.54) is 90.0 Å². The molecule has 0 aliphatic carbocycles. The average Bonchev–Trinajstić information content (AvgIpc) is 2.49. The molecule has 0 spiro atoms. The van der Waals surface area contributed by atoms with Crippen LogP contribution in [0.3, 0.4) is 0 Å². The van der Waals surface area contributed by atoms with Gasteiger partial charge in [-0.15, -0.1) is 0 Å². The number of rotatable bonds is 16. The molecule has 0 amide bonds. The van der Waals surface area contributed by atoms with Crippen molar-refractivity contribution >= 4 is 0 Å². The molecule has 1 atom stereocenters. The molecule has 0 radical (unpaired) electrons. The lowest BCUT2D eigenvalue weighted by Crippen LogP contribution is -2.36. The summed E-state index contributed by atoms with van der Waals surface area (Å²) in [7, 11) is 0. The van der Waals surface area contributed by atoms with Crippen LogP contribution in [-0.4, -0.2) is 12.6 Å². The van der Waals surface area contributed by atoms with Crippen molar-refractivity contribution in [2.75, 3.05) is 6.54 Å². The molecule has 1 nitrogen and oxygen atoms in total. The van der Waals surface area contributed by atoms with E-state index in [-0.39, 0.29) is 0 Å². The first-order valence-electron chi connectivity index (χ1n) is 10.0. The first-order valence-corrected chi connectivity index (χ1v) is 10.0. The molecule has 1 N–H and O–H groups in total. The molecule has 0 fully saturated rings. The number of nitrogens with one attached hydrogen (secondary N) is 1. The van der Waals surface area contributed by atoms with E-state index in [0.29, 0.717) is 0 Å². The first-order chi connectivity index (χ1) is 10.3. The highest BCUT2D eigenvalue weighted by Gasteiger charge is 2.18. The third-order valence-corrected chi connectivity index (χ3v) is 4.66. The fraction of sp³-hybridized carbons (Fsp3) is 1.00. The minimum atomic E-state index is 0.778. The zero-order valence-corrected chi connectivity index (χ0v) is 15.6. The Morgan fingerprint density at radius 3 is 1.67 bits per heavy atom. The minimum Gasteiger partial charge on any atom is -0.314 e. The summed E-state index contributed by atoms with van der Waals surface area (Å²) in [5.41, 5.74) is 0. The highest BCUT2D eigenvalue weighted by molar-refractivity contribution is 4.76. The maximum absolute atomic E-state index is 3.85. The summed E-state index contributed by atoms with van der Waals surface area (Å²) in [6.45, 7) is 10.5. The standard InChI is InChI=1S/C20H43N/c1-5-9-10-11-12-13-14-17-20(21-18-8-4)19(15-6-2)16-7-3/h19-21H,5-18H2,1-4H3. The van der Waals surface area contributed by atoms with Crippen LogP contribution in [0.15, 0.2) is 0 Å². The lowest BCUT2D eigenvalue weighted by Gasteiger charge is -2.28. The van der Waals surface area contributed by atoms with Gasteiger partial charge in [-0.2, -0.15) is 0 Å². The summed E-state index contributed by atoms with van der Waals surface area (Å²) in [6.07, 6.45) is 18.2. The maximum Gasteiger partial charge on any atom is 0.00953 e. The fourth-order valence-corrected chi connectivity index (χ4v) is 3.44. The third kappa shape index (κ3) is 12.2. The normalized spacial score (nSPS) is 13.0. The van der Waals surface area contributed by atoms with E-state index >= 15 is 0 Å². The second-order valence-electron chi connectivity index (χ2n) is 6.81. The molecule has 1 unspecified atom stereocenters. The van der Waals surface area contributed by atoms with E-state index in [0.717, 1.165) is 12.0 Å². The van der Waals surface area contributed by atoms with Crippen LogP contribution >= 0.6 is 0 Å². The summed E-state index contributed by atoms with van der Waals surface area (Å²) in [5, 5.41) is 3.85. The first kappa shape index (κ1) is 21.0. The van der Waals surface area contributed by atoms with Gasteiger partial charge in [0.2, 0.25) is 0 Å². The van der Waals surface area contributed by atoms with Gasteiger partial charge in [0.05, 0.1) is 0 Å². The number of unbranched alkanes of at least 4 members (excludes halogenated alkanes) is 6. The Morgan fingerprint density at radius 1 is 0.571 bits per heavy atom. The molecule has 21 heavy (non-hydrogen) atoms. The van der Waals surface area contributed by atoms with Crippen molar-refractivity contribution in [1.29, 1.82) is 0 Å². The predicted molar refractivity (Wildman–Crippen MR) is 98.0 cm³/mol. The summed E-state index contributed by atoms with van der Waals surface area (Å²) in [6, 6.07) is 0.778. The largest absolute Gasteiger partial charge is 0.314 e.